The number of terminal acetylenes is 1. The number of anilines is 1. The van der Waals surface area contributed by atoms with E-state index in [1.54, 1.807) is 18.2 Å². The summed E-state index contributed by atoms with van der Waals surface area (Å²) in [7, 11) is 0. The third-order valence-electron chi connectivity index (χ3n) is 2.61. The van der Waals surface area contributed by atoms with Gasteiger partial charge in [0.2, 0.25) is 0 Å². The van der Waals surface area contributed by atoms with Gasteiger partial charge in [-0.05, 0) is 31.0 Å². The van der Waals surface area contributed by atoms with Crippen LogP contribution < -0.4 is 10.6 Å². The second-order valence-corrected chi connectivity index (χ2v) is 4.50. The Hall–Kier alpha value is -2.48. The number of amides is 2. The number of carboxylic acid groups (broad SMARTS) is 1. The number of carboxylic acids is 1. The van der Waals surface area contributed by atoms with Gasteiger partial charge >= 0.3 is 12.0 Å². The maximum absolute atomic E-state index is 11.7. The van der Waals surface area contributed by atoms with Crippen LogP contribution in [0.4, 0.5) is 10.5 Å². The molecule has 20 heavy (non-hydrogen) atoms. The predicted molar refractivity (Wildman–Crippen MR) is 77.5 cm³/mol. The van der Waals surface area contributed by atoms with E-state index >= 15 is 0 Å². The zero-order valence-electron chi connectivity index (χ0n) is 11.3. The molecular weight excluding hydrogens is 256 g/mol. The minimum absolute atomic E-state index is 0.0643. The van der Waals surface area contributed by atoms with Crippen molar-refractivity contribution in [3.63, 3.8) is 0 Å². The summed E-state index contributed by atoms with van der Waals surface area (Å²) in [6.07, 6.45) is 6.12. The molecule has 0 fully saturated rings. The Kier molecular flexibility index (Phi) is 6.11. The number of urea groups is 1. The minimum Gasteiger partial charge on any atom is -0.481 e. The molecule has 0 saturated heterocycles. The van der Waals surface area contributed by atoms with E-state index in [1.807, 2.05) is 13.0 Å². The van der Waals surface area contributed by atoms with E-state index in [4.69, 9.17) is 11.5 Å². The standard InChI is InChI=1S/C15H18N2O3/c1-3-5-11(2)16-15(20)17-13-7-4-6-12(10-13)8-9-14(18)19/h1,4,6-7,10-11H,5,8-9H2,2H3,(H,18,19)(H2,16,17,20). The molecule has 1 aromatic rings. The number of rotatable bonds is 6. The van der Waals surface area contributed by atoms with Crippen molar-refractivity contribution in [3.8, 4) is 12.3 Å². The Balaban J connectivity index is 2.55. The van der Waals surface area contributed by atoms with Crippen LogP contribution in [0, 0.1) is 12.3 Å². The Morgan fingerprint density at radius 3 is 2.85 bits per heavy atom. The summed E-state index contributed by atoms with van der Waals surface area (Å²) in [4.78, 5) is 22.2. The summed E-state index contributed by atoms with van der Waals surface area (Å²) >= 11 is 0. The highest BCUT2D eigenvalue weighted by atomic mass is 16.4. The third kappa shape index (κ3) is 5.91. The molecule has 0 spiro atoms. The summed E-state index contributed by atoms with van der Waals surface area (Å²) < 4.78 is 0. The average molecular weight is 274 g/mol. The number of aliphatic carboxylic acids is 1. The molecule has 0 aliphatic rings. The van der Waals surface area contributed by atoms with Crippen molar-refractivity contribution in [1.29, 1.82) is 0 Å². The molecule has 5 nitrogen and oxygen atoms in total. The van der Waals surface area contributed by atoms with E-state index < -0.39 is 5.97 Å². The van der Waals surface area contributed by atoms with Crippen LogP contribution >= 0.6 is 0 Å². The number of aryl methyl sites for hydroxylation is 1. The van der Waals surface area contributed by atoms with Crippen molar-refractivity contribution in [2.45, 2.75) is 32.2 Å². The quantitative estimate of drug-likeness (QED) is 0.696. The van der Waals surface area contributed by atoms with Gasteiger partial charge in [-0.3, -0.25) is 4.79 Å². The van der Waals surface area contributed by atoms with Crippen LogP contribution in [0.3, 0.4) is 0 Å². The van der Waals surface area contributed by atoms with Gasteiger partial charge in [-0.1, -0.05) is 12.1 Å². The Morgan fingerprint density at radius 1 is 1.45 bits per heavy atom. The Morgan fingerprint density at radius 2 is 2.20 bits per heavy atom. The zero-order valence-corrected chi connectivity index (χ0v) is 11.3. The first kappa shape index (κ1) is 15.6. The highest BCUT2D eigenvalue weighted by Crippen LogP contribution is 2.12. The van der Waals surface area contributed by atoms with Crippen LogP contribution in [0.1, 0.15) is 25.3 Å². The van der Waals surface area contributed by atoms with E-state index in [1.165, 1.54) is 0 Å². The first-order chi connectivity index (χ1) is 9.51. The number of hydrogen-bond acceptors (Lipinski definition) is 2. The van der Waals surface area contributed by atoms with Crippen LogP contribution in [0.15, 0.2) is 24.3 Å². The fourth-order valence-electron chi connectivity index (χ4n) is 1.67. The number of nitrogens with one attached hydrogen (secondary N) is 2. The van der Waals surface area contributed by atoms with Crippen LogP contribution in [0.2, 0.25) is 0 Å². The second-order valence-electron chi connectivity index (χ2n) is 4.50. The molecule has 0 aliphatic carbocycles. The van der Waals surface area contributed by atoms with Gasteiger partial charge in [-0.25, -0.2) is 4.79 Å². The maximum atomic E-state index is 11.7. The zero-order chi connectivity index (χ0) is 15.0. The molecule has 0 bridgehead atoms. The lowest BCUT2D eigenvalue weighted by Crippen LogP contribution is -2.35. The Labute approximate surface area is 118 Å². The van der Waals surface area contributed by atoms with Crippen LogP contribution in [-0.4, -0.2) is 23.1 Å². The number of benzene rings is 1. The normalized spacial score (nSPS) is 11.2. The van der Waals surface area contributed by atoms with Gasteiger partial charge in [-0.2, -0.15) is 0 Å². The molecule has 1 aromatic carbocycles. The molecule has 3 N–H and O–H groups in total. The summed E-state index contributed by atoms with van der Waals surface area (Å²) in [6, 6.07) is 6.67. The van der Waals surface area contributed by atoms with E-state index in [2.05, 4.69) is 16.6 Å². The monoisotopic (exact) mass is 274 g/mol. The van der Waals surface area contributed by atoms with Crippen LogP contribution in [0.5, 0.6) is 0 Å². The SMILES string of the molecule is C#CCC(C)NC(=O)Nc1cccc(CCC(=O)O)c1. The predicted octanol–water partition coefficient (Wildman–Crippen LogP) is 2.24. The smallest absolute Gasteiger partial charge is 0.319 e. The van der Waals surface area contributed by atoms with Gasteiger partial charge < -0.3 is 15.7 Å². The highest BCUT2D eigenvalue weighted by molar-refractivity contribution is 5.89. The van der Waals surface area contributed by atoms with E-state index in [0.717, 1.165) is 5.56 Å². The highest BCUT2D eigenvalue weighted by Gasteiger charge is 2.07. The minimum atomic E-state index is -0.843. The number of hydrogen-bond donors (Lipinski definition) is 3. The van der Waals surface area contributed by atoms with E-state index in [-0.39, 0.29) is 18.5 Å². The average Bonchev–Trinajstić information content (AvgIpc) is 2.36. The van der Waals surface area contributed by atoms with E-state index in [0.29, 0.717) is 18.5 Å². The lowest BCUT2D eigenvalue weighted by Gasteiger charge is -2.12. The van der Waals surface area contributed by atoms with Gasteiger partial charge in [0, 0.05) is 24.6 Å². The van der Waals surface area contributed by atoms with Crippen molar-refractivity contribution < 1.29 is 14.7 Å². The second kappa shape index (κ2) is 7.85. The van der Waals surface area contributed by atoms with Crippen molar-refractivity contribution >= 4 is 17.7 Å². The lowest BCUT2D eigenvalue weighted by atomic mass is 10.1. The van der Waals surface area contributed by atoms with E-state index in [9.17, 15) is 9.59 Å². The summed E-state index contributed by atoms with van der Waals surface area (Å²) in [5.41, 5.74) is 1.49. The lowest BCUT2D eigenvalue weighted by molar-refractivity contribution is -0.136. The number of carbonyl (C=O) groups excluding carboxylic acids is 1. The molecule has 1 rings (SSSR count). The molecule has 106 valence electrons. The maximum Gasteiger partial charge on any atom is 0.319 e. The molecule has 5 heteroatoms. The largest absolute Gasteiger partial charge is 0.481 e. The molecule has 0 aliphatic heterocycles. The van der Waals surface area contributed by atoms with Crippen LogP contribution in [0.25, 0.3) is 0 Å². The fraction of sp³-hybridized carbons (Fsp3) is 0.333. The molecule has 0 radical (unpaired) electrons. The molecule has 1 unspecified atom stereocenters. The third-order valence-corrected chi connectivity index (χ3v) is 2.61. The van der Waals surface area contributed by atoms with Crippen molar-refractivity contribution in [1.82, 2.24) is 5.32 Å². The van der Waals surface area contributed by atoms with Gasteiger partial charge in [0.05, 0.1) is 0 Å². The first-order valence-corrected chi connectivity index (χ1v) is 6.33. The van der Waals surface area contributed by atoms with Gasteiger partial charge in [0.1, 0.15) is 0 Å². The molecule has 0 heterocycles. The molecule has 0 saturated carbocycles. The molecule has 1 atom stereocenters. The molecule has 2 amide bonds. The number of carbonyl (C=O) groups is 2. The summed E-state index contributed by atoms with van der Waals surface area (Å²) in [5, 5.41) is 14.0. The fourth-order valence-corrected chi connectivity index (χ4v) is 1.67. The van der Waals surface area contributed by atoms with Crippen LogP contribution in [-0.2, 0) is 11.2 Å². The summed E-state index contributed by atoms with van der Waals surface area (Å²) in [5.74, 6) is 1.63. The van der Waals surface area contributed by atoms with Crippen molar-refractivity contribution in [2.24, 2.45) is 0 Å². The molecule has 0 aromatic heterocycles. The van der Waals surface area contributed by atoms with Gasteiger partial charge in [0.25, 0.3) is 0 Å². The van der Waals surface area contributed by atoms with Gasteiger partial charge in [-0.15, -0.1) is 12.3 Å². The van der Waals surface area contributed by atoms with Crippen molar-refractivity contribution in [2.75, 3.05) is 5.32 Å². The summed E-state index contributed by atoms with van der Waals surface area (Å²) in [6.45, 7) is 1.82. The topological polar surface area (TPSA) is 78.4 Å². The Bertz CT molecular complexity index is 520. The first-order valence-electron chi connectivity index (χ1n) is 6.33. The van der Waals surface area contributed by atoms with Crippen molar-refractivity contribution in [3.05, 3.63) is 29.8 Å². The molecular formula is C15H18N2O3. The van der Waals surface area contributed by atoms with Gasteiger partial charge in [0.15, 0.2) is 0 Å².